The van der Waals surface area contributed by atoms with E-state index in [2.05, 4.69) is 9.68 Å². The normalized spacial score (nSPS) is 15.8. The Bertz CT molecular complexity index is 222. The topological polar surface area (TPSA) is 38.5 Å². The van der Waals surface area contributed by atoms with Crippen molar-refractivity contribution in [2.75, 3.05) is 11.6 Å². The molecular formula is C6H6N2O2. The maximum absolute atomic E-state index is 5.03. The first kappa shape index (κ1) is 5.34. The van der Waals surface area contributed by atoms with Crippen molar-refractivity contribution in [3.8, 4) is 0 Å². The molecule has 1 aliphatic rings. The average Bonchev–Trinajstić information content (AvgIpc) is 2.59. The lowest BCUT2D eigenvalue weighted by Gasteiger charge is -2.10. The third-order valence-electron chi connectivity index (χ3n) is 1.24. The minimum atomic E-state index is 0.699. The Hall–Kier alpha value is -1.45. The van der Waals surface area contributed by atoms with Gasteiger partial charge in [0, 0.05) is 6.07 Å². The molecule has 52 valence electrons. The van der Waals surface area contributed by atoms with Gasteiger partial charge in [-0.25, -0.2) is 0 Å². The number of hydrogen-bond acceptors (Lipinski definition) is 4. The summed E-state index contributed by atoms with van der Waals surface area (Å²) in [5.74, 6) is 0.699. The summed E-state index contributed by atoms with van der Waals surface area (Å²) in [7, 11) is 0. The first-order chi connectivity index (χ1) is 4.97. The SMILES string of the molecule is C1=CON(c2ccon2)C1. The van der Waals surface area contributed by atoms with Crippen LogP contribution in [0.25, 0.3) is 0 Å². The van der Waals surface area contributed by atoms with Crippen molar-refractivity contribution in [1.82, 2.24) is 5.16 Å². The van der Waals surface area contributed by atoms with Gasteiger partial charge in [-0.1, -0.05) is 5.16 Å². The molecule has 1 aromatic heterocycles. The molecule has 2 rings (SSSR count). The maximum Gasteiger partial charge on any atom is 0.206 e. The molecule has 0 amide bonds. The molecule has 0 bridgehead atoms. The summed E-state index contributed by atoms with van der Waals surface area (Å²) in [6, 6.07) is 1.74. The molecular weight excluding hydrogens is 132 g/mol. The second-order valence-corrected chi connectivity index (χ2v) is 1.90. The van der Waals surface area contributed by atoms with E-state index in [-0.39, 0.29) is 0 Å². The van der Waals surface area contributed by atoms with E-state index in [1.54, 1.807) is 17.4 Å². The molecule has 0 saturated heterocycles. The molecule has 0 fully saturated rings. The highest BCUT2D eigenvalue weighted by Gasteiger charge is 2.10. The van der Waals surface area contributed by atoms with Crippen LogP contribution in [-0.2, 0) is 4.84 Å². The summed E-state index contributed by atoms with van der Waals surface area (Å²) in [5, 5.41) is 5.31. The fourth-order valence-electron chi connectivity index (χ4n) is 0.781. The van der Waals surface area contributed by atoms with Gasteiger partial charge in [0.2, 0.25) is 5.82 Å². The van der Waals surface area contributed by atoms with Gasteiger partial charge in [0.05, 0.1) is 6.54 Å². The van der Waals surface area contributed by atoms with Crippen LogP contribution >= 0.6 is 0 Å². The lowest BCUT2D eigenvalue weighted by Crippen LogP contribution is -2.16. The van der Waals surface area contributed by atoms with E-state index in [1.807, 2.05) is 6.08 Å². The van der Waals surface area contributed by atoms with Gasteiger partial charge in [-0.2, -0.15) is 5.06 Å². The van der Waals surface area contributed by atoms with Crippen LogP contribution in [-0.4, -0.2) is 11.7 Å². The van der Waals surface area contributed by atoms with Gasteiger partial charge in [-0.15, -0.1) is 0 Å². The maximum atomic E-state index is 5.03. The van der Waals surface area contributed by atoms with Gasteiger partial charge in [0.15, 0.2) is 0 Å². The number of aromatic nitrogens is 1. The molecule has 2 heterocycles. The van der Waals surface area contributed by atoms with Crippen LogP contribution in [0.15, 0.2) is 29.2 Å². The molecule has 0 saturated carbocycles. The second kappa shape index (κ2) is 2.06. The minimum Gasteiger partial charge on any atom is -0.386 e. The van der Waals surface area contributed by atoms with E-state index in [0.717, 1.165) is 6.54 Å². The number of rotatable bonds is 1. The fraction of sp³-hybridized carbons (Fsp3) is 0.167. The quantitative estimate of drug-likeness (QED) is 0.578. The van der Waals surface area contributed by atoms with E-state index in [0.29, 0.717) is 5.82 Å². The van der Waals surface area contributed by atoms with E-state index >= 15 is 0 Å². The van der Waals surface area contributed by atoms with Crippen LogP contribution in [0.1, 0.15) is 0 Å². The van der Waals surface area contributed by atoms with Crippen LogP contribution < -0.4 is 5.06 Å². The number of anilines is 1. The zero-order chi connectivity index (χ0) is 6.81. The van der Waals surface area contributed by atoms with Crippen LogP contribution in [0.3, 0.4) is 0 Å². The molecule has 0 aromatic carbocycles. The second-order valence-electron chi connectivity index (χ2n) is 1.90. The average molecular weight is 138 g/mol. The van der Waals surface area contributed by atoms with Gasteiger partial charge in [-0.3, -0.25) is 0 Å². The Morgan fingerprint density at radius 1 is 1.60 bits per heavy atom. The van der Waals surface area contributed by atoms with Crippen LogP contribution in [0.4, 0.5) is 5.82 Å². The predicted octanol–water partition coefficient (Wildman–Crippen LogP) is 0.940. The van der Waals surface area contributed by atoms with Crippen molar-refractivity contribution in [1.29, 1.82) is 0 Å². The Morgan fingerprint density at radius 3 is 3.20 bits per heavy atom. The van der Waals surface area contributed by atoms with Gasteiger partial charge in [0.1, 0.15) is 12.5 Å². The number of hydroxylamine groups is 1. The zero-order valence-corrected chi connectivity index (χ0v) is 5.23. The van der Waals surface area contributed by atoms with Gasteiger partial charge in [-0.05, 0) is 6.08 Å². The van der Waals surface area contributed by atoms with Crippen molar-refractivity contribution < 1.29 is 9.36 Å². The molecule has 0 atom stereocenters. The van der Waals surface area contributed by atoms with E-state index < -0.39 is 0 Å². The molecule has 1 aromatic rings. The standard InChI is InChI=1S/C6H6N2O2/c1-3-8(10-4-1)6-2-5-9-7-6/h1-2,4-5H,3H2. The summed E-state index contributed by atoms with van der Waals surface area (Å²) < 4.78 is 4.63. The smallest absolute Gasteiger partial charge is 0.206 e. The van der Waals surface area contributed by atoms with Gasteiger partial charge >= 0.3 is 0 Å². The van der Waals surface area contributed by atoms with Gasteiger partial charge in [0.25, 0.3) is 0 Å². The molecule has 10 heavy (non-hydrogen) atoms. The molecule has 0 aliphatic carbocycles. The van der Waals surface area contributed by atoms with Crippen molar-refractivity contribution >= 4 is 5.82 Å². The highest BCUT2D eigenvalue weighted by atomic mass is 16.7. The van der Waals surface area contributed by atoms with Crippen LogP contribution in [0.5, 0.6) is 0 Å². The highest BCUT2D eigenvalue weighted by molar-refractivity contribution is 5.34. The number of hydrogen-bond donors (Lipinski definition) is 0. The summed E-state index contributed by atoms with van der Waals surface area (Å²) >= 11 is 0. The molecule has 4 nitrogen and oxygen atoms in total. The first-order valence-corrected chi connectivity index (χ1v) is 2.96. The largest absolute Gasteiger partial charge is 0.386 e. The molecule has 1 aliphatic heterocycles. The van der Waals surface area contributed by atoms with E-state index in [4.69, 9.17) is 4.84 Å². The lowest BCUT2D eigenvalue weighted by atomic mass is 10.6. The third-order valence-corrected chi connectivity index (χ3v) is 1.24. The Balaban J connectivity index is 2.14. The molecule has 0 spiro atoms. The summed E-state index contributed by atoms with van der Waals surface area (Å²) in [6.45, 7) is 0.729. The fourth-order valence-corrected chi connectivity index (χ4v) is 0.781. The van der Waals surface area contributed by atoms with Crippen LogP contribution in [0.2, 0.25) is 0 Å². The molecule has 0 radical (unpaired) electrons. The van der Waals surface area contributed by atoms with Crippen molar-refractivity contribution in [2.45, 2.75) is 0 Å². The monoisotopic (exact) mass is 138 g/mol. The third kappa shape index (κ3) is 0.737. The van der Waals surface area contributed by atoms with E-state index in [1.165, 1.54) is 6.26 Å². The summed E-state index contributed by atoms with van der Waals surface area (Å²) in [6.07, 6.45) is 5.03. The minimum absolute atomic E-state index is 0.699. The van der Waals surface area contributed by atoms with E-state index in [9.17, 15) is 0 Å². The Kier molecular flexibility index (Phi) is 1.10. The van der Waals surface area contributed by atoms with Crippen LogP contribution in [0, 0.1) is 0 Å². The summed E-state index contributed by atoms with van der Waals surface area (Å²) in [5.41, 5.74) is 0. The molecule has 4 heteroatoms. The van der Waals surface area contributed by atoms with Crippen molar-refractivity contribution in [3.05, 3.63) is 24.7 Å². The first-order valence-electron chi connectivity index (χ1n) is 2.96. The molecule has 0 unspecified atom stereocenters. The van der Waals surface area contributed by atoms with Crippen molar-refractivity contribution in [3.63, 3.8) is 0 Å². The Morgan fingerprint density at radius 2 is 2.60 bits per heavy atom. The molecule has 0 N–H and O–H groups in total. The summed E-state index contributed by atoms with van der Waals surface area (Å²) in [4.78, 5) is 5.03. The zero-order valence-electron chi connectivity index (χ0n) is 5.23. The number of nitrogens with zero attached hydrogens (tertiary/aromatic N) is 2. The van der Waals surface area contributed by atoms with Gasteiger partial charge < -0.3 is 9.36 Å². The Labute approximate surface area is 57.6 Å². The highest BCUT2D eigenvalue weighted by Crippen LogP contribution is 2.13. The van der Waals surface area contributed by atoms with Crippen molar-refractivity contribution in [2.24, 2.45) is 0 Å². The lowest BCUT2D eigenvalue weighted by molar-refractivity contribution is 0.239. The predicted molar refractivity (Wildman–Crippen MR) is 34.1 cm³/mol.